The predicted octanol–water partition coefficient (Wildman–Crippen LogP) is 4.00. The Morgan fingerprint density at radius 1 is 1.27 bits per heavy atom. The molecule has 1 aliphatic rings. The minimum atomic E-state index is -0.00731. The van der Waals surface area contributed by atoms with Gasteiger partial charge in [-0.15, -0.1) is 0 Å². The molecule has 4 atom stereocenters. The summed E-state index contributed by atoms with van der Waals surface area (Å²) < 4.78 is 0. The van der Waals surface area contributed by atoms with E-state index in [9.17, 15) is 5.11 Å². The van der Waals surface area contributed by atoms with Crippen molar-refractivity contribution in [1.82, 2.24) is 0 Å². The normalized spacial score (nSPS) is 34.0. The summed E-state index contributed by atoms with van der Waals surface area (Å²) in [4.78, 5) is 0. The molecular weight excluding hydrogens is 184 g/mol. The van der Waals surface area contributed by atoms with Gasteiger partial charge in [-0.25, -0.2) is 0 Å². The first-order chi connectivity index (χ1) is 7.17. The van der Waals surface area contributed by atoms with Crippen LogP contribution in [0.5, 0.6) is 0 Å². The summed E-state index contributed by atoms with van der Waals surface area (Å²) in [6, 6.07) is 0. The van der Waals surface area contributed by atoms with Gasteiger partial charge in [0.25, 0.3) is 0 Å². The van der Waals surface area contributed by atoms with Gasteiger partial charge < -0.3 is 5.11 Å². The zero-order valence-electron chi connectivity index (χ0n) is 10.7. The van der Waals surface area contributed by atoms with Gasteiger partial charge in [-0.3, -0.25) is 0 Å². The molecule has 1 saturated carbocycles. The SMILES string of the molecule is CCCC(C)CC1CC(CC)CCC1O. The van der Waals surface area contributed by atoms with E-state index in [1.807, 2.05) is 0 Å². The molecule has 0 amide bonds. The molecule has 1 aliphatic carbocycles. The molecule has 1 nitrogen and oxygen atoms in total. The topological polar surface area (TPSA) is 20.2 Å². The number of aliphatic hydroxyl groups excluding tert-OH is 1. The van der Waals surface area contributed by atoms with Crippen molar-refractivity contribution in [3.63, 3.8) is 0 Å². The molecule has 1 heteroatoms. The highest BCUT2D eigenvalue weighted by Crippen LogP contribution is 2.35. The first-order valence-electron chi connectivity index (χ1n) is 6.85. The molecule has 0 aromatic heterocycles. The standard InChI is InChI=1S/C14H28O/c1-4-6-11(3)9-13-10-12(5-2)7-8-14(13)15/h11-15H,4-10H2,1-3H3. The van der Waals surface area contributed by atoms with E-state index in [4.69, 9.17) is 0 Å². The van der Waals surface area contributed by atoms with Crippen molar-refractivity contribution >= 4 is 0 Å². The maximum Gasteiger partial charge on any atom is 0.0568 e. The zero-order valence-corrected chi connectivity index (χ0v) is 10.7. The highest BCUT2D eigenvalue weighted by atomic mass is 16.3. The third-order valence-corrected chi connectivity index (χ3v) is 4.11. The molecular formula is C14H28O. The van der Waals surface area contributed by atoms with Gasteiger partial charge >= 0.3 is 0 Å². The van der Waals surface area contributed by atoms with Gasteiger partial charge in [-0.1, -0.05) is 40.0 Å². The van der Waals surface area contributed by atoms with Gasteiger partial charge in [0.2, 0.25) is 0 Å². The van der Waals surface area contributed by atoms with E-state index in [1.165, 1.54) is 38.5 Å². The number of hydrogen-bond donors (Lipinski definition) is 1. The van der Waals surface area contributed by atoms with Crippen LogP contribution < -0.4 is 0 Å². The molecule has 1 rings (SSSR count). The van der Waals surface area contributed by atoms with Crippen LogP contribution in [0.2, 0.25) is 0 Å². The predicted molar refractivity (Wildman–Crippen MR) is 65.8 cm³/mol. The Morgan fingerprint density at radius 3 is 2.60 bits per heavy atom. The molecule has 0 aliphatic heterocycles. The van der Waals surface area contributed by atoms with E-state index in [2.05, 4.69) is 20.8 Å². The van der Waals surface area contributed by atoms with Crippen molar-refractivity contribution in [2.75, 3.05) is 0 Å². The number of aliphatic hydroxyl groups is 1. The Balaban J connectivity index is 2.36. The Hall–Kier alpha value is -0.0400. The van der Waals surface area contributed by atoms with Crippen molar-refractivity contribution < 1.29 is 5.11 Å². The van der Waals surface area contributed by atoms with Gasteiger partial charge in [0.1, 0.15) is 0 Å². The monoisotopic (exact) mass is 212 g/mol. The van der Waals surface area contributed by atoms with Gasteiger partial charge in [0.05, 0.1) is 6.10 Å². The van der Waals surface area contributed by atoms with Crippen molar-refractivity contribution in [3.05, 3.63) is 0 Å². The lowest BCUT2D eigenvalue weighted by Gasteiger charge is -2.34. The van der Waals surface area contributed by atoms with E-state index >= 15 is 0 Å². The van der Waals surface area contributed by atoms with E-state index in [0.29, 0.717) is 5.92 Å². The average molecular weight is 212 g/mol. The summed E-state index contributed by atoms with van der Waals surface area (Å²) in [5.74, 6) is 2.27. The van der Waals surface area contributed by atoms with Crippen LogP contribution in [0.15, 0.2) is 0 Å². The van der Waals surface area contributed by atoms with Crippen molar-refractivity contribution in [1.29, 1.82) is 0 Å². The summed E-state index contributed by atoms with van der Waals surface area (Å²) >= 11 is 0. The third-order valence-electron chi connectivity index (χ3n) is 4.11. The summed E-state index contributed by atoms with van der Waals surface area (Å²) in [6.07, 6.45) is 8.69. The minimum Gasteiger partial charge on any atom is -0.393 e. The first-order valence-corrected chi connectivity index (χ1v) is 6.85. The molecule has 0 bridgehead atoms. The summed E-state index contributed by atoms with van der Waals surface area (Å²) in [5, 5.41) is 10.00. The Kier molecular flexibility index (Phi) is 5.66. The van der Waals surface area contributed by atoms with Crippen LogP contribution in [0.1, 0.15) is 65.7 Å². The van der Waals surface area contributed by atoms with E-state index in [-0.39, 0.29) is 6.10 Å². The van der Waals surface area contributed by atoms with Crippen LogP contribution in [0.3, 0.4) is 0 Å². The molecule has 0 radical (unpaired) electrons. The van der Waals surface area contributed by atoms with Crippen LogP contribution in [-0.2, 0) is 0 Å². The maximum atomic E-state index is 10.00. The molecule has 1 fully saturated rings. The number of rotatable bonds is 5. The second kappa shape index (κ2) is 6.52. The second-order valence-electron chi connectivity index (χ2n) is 5.54. The third kappa shape index (κ3) is 4.14. The molecule has 0 aromatic carbocycles. The molecule has 15 heavy (non-hydrogen) atoms. The molecule has 4 unspecified atom stereocenters. The van der Waals surface area contributed by atoms with Gasteiger partial charge in [0.15, 0.2) is 0 Å². The Bertz CT molecular complexity index is 167. The molecule has 1 N–H and O–H groups in total. The fourth-order valence-corrected chi connectivity index (χ4v) is 3.10. The molecule has 90 valence electrons. The van der Waals surface area contributed by atoms with Crippen molar-refractivity contribution in [3.8, 4) is 0 Å². The first kappa shape index (κ1) is 13.0. The Morgan fingerprint density at radius 2 is 2.00 bits per heavy atom. The van der Waals surface area contributed by atoms with Crippen LogP contribution in [0.4, 0.5) is 0 Å². The summed E-state index contributed by atoms with van der Waals surface area (Å²) in [6.45, 7) is 6.88. The van der Waals surface area contributed by atoms with E-state index < -0.39 is 0 Å². The second-order valence-corrected chi connectivity index (χ2v) is 5.54. The quantitative estimate of drug-likeness (QED) is 0.730. The lowest BCUT2D eigenvalue weighted by molar-refractivity contribution is 0.0351. The van der Waals surface area contributed by atoms with Crippen LogP contribution in [0, 0.1) is 17.8 Å². The maximum absolute atomic E-state index is 10.00. The highest BCUT2D eigenvalue weighted by molar-refractivity contribution is 4.80. The van der Waals surface area contributed by atoms with Crippen LogP contribution >= 0.6 is 0 Å². The largest absolute Gasteiger partial charge is 0.393 e. The fraction of sp³-hybridized carbons (Fsp3) is 1.00. The fourth-order valence-electron chi connectivity index (χ4n) is 3.10. The summed E-state index contributed by atoms with van der Waals surface area (Å²) in [5.41, 5.74) is 0. The Labute approximate surface area is 95.3 Å². The molecule has 0 saturated heterocycles. The molecule has 0 aromatic rings. The van der Waals surface area contributed by atoms with Gasteiger partial charge in [0, 0.05) is 0 Å². The highest BCUT2D eigenvalue weighted by Gasteiger charge is 2.28. The van der Waals surface area contributed by atoms with Gasteiger partial charge in [-0.2, -0.15) is 0 Å². The van der Waals surface area contributed by atoms with Gasteiger partial charge in [-0.05, 0) is 43.4 Å². The van der Waals surface area contributed by atoms with E-state index in [1.54, 1.807) is 0 Å². The number of hydrogen-bond acceptors (Lipinski definition) is 1. The van der Waals surface area contributed by atoms with E-state index in [0.717, 1.165) is 18.3 Å². The minimum absolute atomic E-state index is 0.00731. The zero-order chi connectivity index (χ0) is 11.3. The van der Waals surface area contributed by atoms with Crippen LogP contribution in [-0.4, -0.2) is 11.2 Å². The molecule has 0 heterocycles. The van der Waals surface area contributed by atoms with Crippen molar-refractivity contribution in [2.24, 2.45) is 17.8 Å². The smallest absolute Gasteiger partial charge is 0.0568 e. The molecule has 0 spiro atoms. The summed E-state index contributed by atoms with van der Waals surface area (Å²) in [7, 11) is 0. The lowest BCUT2D eigenvalue weighted by atomic mass is 9.74. The lowest BCUT2D eigenvalue weighted by Crippen LogP contribution is -2.30. The van der Waals surface area contributed by atoms with Crippen molar-refractivity contribution in [2.45, 2.75) is 71.8 Å². The average Bonchev–Trinajstić information content (AvgIpc) is 2.21. The van der Waals surface area contributed by atoms with Crippen LogP contribution in [0.25, 0.3) is 0 Å².